The van der Waals surface area contributed by atoms with Crippen molar-refractivity contribution in [1.29, 1.82) is 0 Å². The molecule has 2 aromatic rings. The normalized spacial score (nSPS) is 14.0. The first-order chi connectivity index (χ1) is 14.6. The molecule has 0 spiro atoms. The van der Waals surface area contributed by atoms with Gasteiger partial charge < -0.3 is 5.53 Å². The molecular weight excluding hydrogens is 448 g/mol. The molecule has 0 bridgehead atoms. The number of hydrogen-bond acceptors (Lipinski definition) is 4. The van der Waals surface area contributed by atoms with Gasteiger partial charge in [-0.2, -0.15) is 13.2 Å². The Balaban J connectivity index is 2.62. The summed E-state index contributed by atoms with van der Waals surface area (Å²) in [5.41, 5.74) is 12.6. The summed E-state index contributed by atoms with van der Waals surface area (Å²) >= 11 is 0. The van der Waals surface area contributed by atoms with Crippen molar-refractivity contribution >= 4 is 25.0 Å². The Morgan fingerprint density at radius 2 is 1.66 bits per heavy atom. The third kappa shape index (κ3) is 3.73. The second-order valence-electron chi connectivity index (χ2n) is 9.72. The van der Waals surface area contributed by atoms with Crippen LogP contribution in [0.2, 0.25) is 0 Å². The molecule has 3 rings (SSSR count). The van der Waals surface area contributed by atoms with E-state index in [0.717, 1.165) is 16.7 Å². The number of nitrogens with zero attached hydrogens (tertiary/aromatic N) is 2. The highest BCUT2D eigenvalue weighted by Gasteiger charge is 2.48. The number of sulfone groups is 1. The summed E-state index contributed by atoms with van der Waals surface area (Å²) in [5.74, 6) is 0. The fraction of sp³-hybridized carbons (Fsp3) is 0.435. The predicted molar refractivity (Wildman–Crippen MR) is 124 cm³/mol. The molecule has 2 aromatic carbocycles. The minimum absolute atomic E-state index is 0.261. The van der Waals surface area contributed by atoms with Crippen molar-refractivity contribution in [1.82, 2.24) is 0 Å². The minimum Gasteiger partial charge on any atom is -0.360 e. The topological polar surface area (TPSA) is 125 Å². The van der Waals surface area contributed by atoms with Crippen LogP contribution in [0.1, 0.15) is 70.2 Å². The van der Waals surface area contributed by atoms with E-state index in [-0.39, 0.29) is 5.56 Å². The van der Waals surface area contributed by atoms with Crippen LogP contribution in [-0.2, 0) is 31.8 Å². The van der Waals surface area contributed by atoms with E-state index in [4.69, 9.17) is 0 Å². The van der Waals surface area contributed by atoms with E-state index >= 15 is 0 Å². The van der Waals surface area contributed by atoms with Gasteiger partial charge >= 0.3 is 5.04 Å². The van der Waals surface area contributed by atoms with E-state index in [0.29, 0.717) is 24.0 Å². The zero-order valence-corrected chi connectivity index (χ0v) is 20.7. The third-order valence-corrected chi connectivity index (χ3v) is 9.56. The molecule has 0 aliphatic heterocycles. The lowest BCUT2D eigenvalue weighted by Crippen LogP contribution is -2.38. The van der Waals surface area contributed by atoms with Gasteiger partial charge in [0, 0.05) is 0 Å². The zero-order chi connectivity index (χ0) is 24.3. The molecule has 0 saturated heterocycles. The highest BCUT2D eigenvalue weighted by molar-refractivity contribution is 8.07. The summed E-state index contributed by atoms with van der Waals surface area (Å²) < 4.78 is 60.7. The Morgan fingerprint density at radius 1 is 1.06 bits per heavy atom. The maximum absolute atomic E-state index is 13.4. The molecule has 0 fully saturated rings. The quantitative estimate of drug-likeness (QED) is 0.197. The minimum atomic E-state index is -4.87. The summed E-state index contributed by atoms with van der Waals surface area (Å²) in [4.78, 5) is 2.53. The molecule has 32 heavy (non-hydrogen) atoms. The molecule has 0 heterocycles. The van der Waals surface area contributed by atoms with Crippen LogP contribution in [0.25, 0.3) is 16.7 Å². The zero-order valence-electron chi connectivity index (χ0n) is 19.1. The lowest BCUT2D eigenvalue weighted by atomic mass is 9.76. The maximum atomic E-state index is 13.4. The Bertz CT molecular complexity index is 1380. The van der Waals surface area contributed by atoms with Crippen molar-refractivity contribution in [2.24, 2.45) is 0 Å². The van der Waals surface area contributed by atoms with E-state index in [2.05, 4.69) is 4.79 Å². The second-order valence-corrected chi connectivity index (χ2v) is 13.7. The first-order valence-corrected chi connectivity index (χ1v) is 13.2. The van der Waals surface area contributed by atoms with Gasteiger partial charge in [-0.05, 0) is 72.9 Å². The number of rotatable bonds is 4. The van der Waals surface area contributed by atoms with E-state index in [1.807, 2.05) is 45.0 Å². The highest BCUT2D eigenvalue weighted by Crippen LogP contribution is 2.47. The van der Waals surface area contributed by atoms with Crippen LogP contribution in [0.15, 0.2) is 35.2 Å². The second kappa shape index (κ2) is 7.63. The Hall–Kier alpha value is -2.32. The van der Waals surface area contributed by atoms with Crippen molar-refractivity contribution in [2.75, 3.05) is 0 Å². The first-order valence-electron chi connectivity index (χ1n) is 10.3. The predicted octanol–water partition coefficient (Wildman–Crippen LogP) is 4.38. The lowest BCUT2D eigenvalue weighted by Gasteiger charge is -2.30. The smallest absolute Gasteiger partial charge is 0.360 e. The van der Waals surface area contributed by atoms with Crippen molar-refractivity contribution in [3.05, 3.63) is 58.1 Å². The molecule has 1 aliphatic carbocycles. The fourth-order valence-corrected chi connectivity index (χ4v) is 6.07. The van der Waals surface area contributed by atoms with Crippen LogP contribution in [0.5, 0.6) is 0 Å². The molecule has 0 aromatic heterocycles. The number of hydrogen-bond donors (Lipinski definition) is 1. The van der Waals surface area contributed by atoms with Crippen LogP contribution >= 0.6 is 0 Å². The Morgan fingerprint density at radius 3 is 2.16 bits per heavy atom. The molecule has 0 atom stereocenters. The van der Waals surface area contributed by atoms with Crippen LogP contribution in [-0.4, -0.2) is 36.0 Å². The summed E-state index contributed by atoms with van der Waals surface area (Å²) in [6.45, 7) is 9.98. The molecular formula is C23H28N2O5S2. The SMILES string of the molecule is CCC(C)(C)c1c2c(cc(S(=O)(=O)O)c1C(=[N+]=[N-])S(=O)(=O)C(C)(C)C)-c1ccccc1C2. The molecule has 0 radical (unpaired) electrons. The van der Waals surface area contributed by atoms with Gasteiger partial charge in [0.15, 0.2) is 0 Å². The van der Waals surface area contributed by atoms with Gasteiger partial charge in [-0.1, -0.05) is 45.0 Å². The molecule has 1 N–H and O–H groups in total. The van der Waals surface area contributed by atoms with E-state index in [1.54, 1.807) is 0 Å². The van der Waals surface area contributed by atoms with Crippen LogP contribution in [0.3, 0.4) is 0 Å². The molecule has 0 unspecified atom stereocenters. The van der Waals surface area contributed by atoms with Crippen molar-refractivity contribution < 1.29 is 26.2 Å². The summed E-state index contributed by atoms with van der Waals surface area (Å²) in [6, 6.07) is 8.81. The van der Waals surface area contributed by atoms with Crippen molar-refractivity contribution in [3.8, 4) is 11.1 Å². The van der Waals surface area contributed by atoms with Gasteiger partial charge in [0.25, 0.3) is 20.0 Å². The third-order valence-electron chi connectivity index (χ3n) is 6.28. The van der Waals surface area contributed by atoms with Crippen LogP contribution in [0, 0.1) is 0 Å². The average molecular weight is 477 g/mol. The molecule has 1 aliphatic rings. The maximum Gasteiger partial charge on any atom is 0.414 e. The van der Waals surface area contributed by atoms with Crippen LogP contribution in [0.4, 0.5) is 0 Å². The summed E-state index contributed by atoms with van der Waals surface area (Å²) in [5, 5.41) is -0.757. The van der Waals surface area contributed by atoms with E-state index in [9.17, 15) is 26.9 Å². The summed E-state index contributed by atoms with van der Waals surface area (Å²) in [7, 11) is -9.14. The van der Waals surface area contributed by atoms with Crippen molar-refractivity contribution in [2.45, 2.75) is 69.4 Å². The van der Waals surface area contributed by atoms with Gasteiger partial charge in [-0.3, -0.25) is 4.55 Å². The van der Waals surface area contributed by atoms with Crippen LogP contribution < -0.4 is 0 Å². The summed E-state index contributed by atoms with van der Waals surface area (Å²) in [6.07, 6.45) is 1.02. The largest absolute Gasteiger partial charge is 0.414 e. The Kier molecular flexibility index (Phi) is 5.80. The first kappa shape index (κ1) is 24.3. The number of fused-ring (bicyclic) bond motifs is 3. The van der Waals surface area contributed by atoms with Gasteiger partial charge in [0.05, 0.1) is 4.75 Å². The highest BCUT2D eigenvalue weighted by atomic mass is 32.2. The van der Waals surface area contributed by atoms with E-state index < -0.39 is 40.1 Å². The standard InChI is InChI=1S/C23H28N2O5S2/c1-7-23(5,6)20-17-12-14-10-8-9-11-15(14)16(17)13-18(32(28,29)30)19(20)21(25-24)31(26,27)22(2,3)4/h8-11,13H,7,12H2,1-6H3,(H,28,29,30). The monoisotopic (exact) mass is 476 g/mol. The van der Waals surface area contributed by atoms with Gasteiger partial charge in [0.1, 0.15) is 10.5 Å². The lowest BCUT2D eigenvalue weighted by molar-refractivity contribution is 0.0000932. The van der Waals surface area contributed by atoms with E-state index in [1.165, 1.54) is 26.8 Å². The average Bonchev–Trinajstić information content (AvgIpc) is 3.04. The molecule has 172 valence electrons. The molecule has 0 amide bonds. The van der Waals surface area contributed by atoms with Gasteiger partial charge in [-0.25, -0.2) is 8.42 Å². The molecule has 7 nitrogen and oxygen atoms in total. The Labute approximate surface area is 189 Å². The fourth-order valence-electron chi connectivity index (χ4n) is 4.12. The molecule has 9 heteroatoms. The van der Waals surface area contributed by atoms with Gasteiger partial charge in [0.2, 0.25) is 0 Å². The van der Waals surface area contributed by atoms with Gasteiger partial charge in [-0.15, -0.1) is 0 Å². The number of benzene rings is 2. The van der Waals surface area contributed by atoms with Crippen molar-refractivity contribution in [3.63, 3.8) is 0 Å². The molecule has 0 saturated carbocycles.